The number of nitrogens with one attached hydrogen (secondary N) is 1. The maximum Gasteiger partial charge on any atom is 0.277 e. The van der Waals surface area contributed by atoms with Gasteiger partial charge in [-0.1, -0.05) is 29.4 Å². The Morgan fingerprint density at radius 2 is 1.91 bits per heavy atom. The Kier molecular flexibility index (Phi) is 7.74. The third kappa shape index (κ3) is 5.98. The molecule has 1 N–H and O–H groups in total. The molecule has 1 aromatic heterocycles. The van der Waals surface area contributed by atoms with Gasteiger partial charge in [-0.25, -0.2) is 0 Å². The van der Waals surface area contributed by atoms with E-state index >= 15 is 0 Å². The summed E-state index contributed by atoms with van der Waals surface area (Å²) in [7, 11) is 2.10. The fourth-order valence-electron chi connectivity index (χ4n) is 3.53. The highest BCUT2D eigenvalue weighted by atomic mass is 35.5. The minimum Gasteiger partial charge on any atom is -0.494 e. The number of hydrogen-bond acceptors (Lipinski definition) is 8. The molecule has 0 bridgehead atoms. The van der Waals surface area contributed by atoms with E-state index in [1.54, 1.807) is 0 Å². The fourth-order valence-corrected chi connectivity index (χ4v) is 4.38. The summed E-state index contributed by atoms with van der Waals surface area (Å²) in [6.45, 7) is 6.15. The van der Waals surface area contributed by atoms with Crippen LogP contribution in [0.4, 0.5) is 11.4 Å². The van der Waals surface area contributed by atoms with Gasteiger partial charge < -0.3 is 24.3 Å². The summed E-state index contributed by atoms with van der Waals surface area (Å²) in [5, 5.41) is 12.1. The highest BCUT2D eigenvalue weighted by molar-refractivity contribution is 7.99. The number of aromatic nitrogens is 2. The van der Waals surface area contributed by atoms with Crippen LogP contribution in [0.3, 0.4) is 0 Å². The zero-order chi connectivity index (χ0) is 23.2. The van der Waals surface area contributed by atoms with Gasteiger partial charge in [-0.05, 0) is 50.4 Å². The highest BCUT2D eigenvalue weighted by Gasteiger charge is 2.21. The number of likely N-dealkylation sites (N-methyl/N-ethyl adjacent to an activating group) is 1. The number of nitrogens with zero attached hydrogens (tertiary/aromatic N) is 4. The summed E-state index contributed by atoms with van der Waals surface area (Å²) >= 11 is 7.68. The largest absolute Gasteiger partial charge is 0.494 e. The van der Waals surface area contributed by atoms with Crippen LogP contribution in [-0.4, -0.2) is 66.6 Å². The molecule has 0 atom stereocenters. The molecule has 1 amide bonds. The van der Waals surface area contributed by atoms with E-state index in [9.17, 15) is 4.79 Å². The zero-order valence-electron chi connectivity index (χ0n) is 18.6. The molecule has 10 heteroatoms. The maximum atomic E-state index is 12.7. The first-order chi connectivity index (χ1) is 16.0. The Morgan fingerprint density at radius 3 is 2.64 bits per heavy atom. The summed E-state index contributed by atoms with van der Waals surface area (Å²) in [5.41, 5.74) is 2.36. The second-order valence-corrected chi connectivity index (χ2v) is 8.93. The minimum absolute atomic E-state index is 0.138. The lowest BCUT2D eigenvalue weighted by atomic mass is 10.2. The first-order valence-electron chi connectivity index (χ1n) is 10.7. The van der Waals surface area contributed by atoms with E-state index in [-0.39, 0.29) is 11.7 Å². The van der Waals surface area contributed by atoms with Gasteiger partial charge in [-0.3, -0.25) is 4.79 Å². The van der Waals surface area contributed by atoms with Crippen LogP contribution in [0.2, 0.25) is 5.02 Å². The van der Waals surface area contributed by atoms with Crippen LogP contribution in [0.25, 0.3) is 11.5 Å². The predicted molar refractivity (Wildman–Crippen MR) is 131 cm³/mol. The van der Waals surface area contributed by atoms with Crippen LogP contribution in [-0.2, 0) is 4.79 Å². The molecule has 4 rings (SSSR count). The van der Waals surface area contributed by atoms with Gasteiger partial charge in [0.1, 0.15) is 5.75 Å². The number of amides is 1. The summed E-state index contributed by atoms with van der Waals surface area (Å²) in [6, 6.07) is 13.0. The lowest BCUT2D eigenvalue weighted by Gasteiger charge is -2.35. The average molecular weight is 488 g/mol. The average Bonchev–Trinajstić information content (AvgIpc) is 3.29. The van der Waals surface area contributed by atoms with Gasteiger partial charge in [-0.2, -0.15) is 0 Å². The van der Waals surface area contributed by atoms with E-state index in [0.717, 1.165) is 43.2 Å². The number of hydrogen-bond donors (Lipinski definition) is 1. The molecule has 1 aliphatic heterocycles. The van der Waals surface area contributed by atoms with Crippen molar-refractivity contribution in [1.82, 2.24) is 15.1 Å². The molecule has 1 saturated heterocycles. The van der Waals surface area contributed by atoms with E-state index in [1.165, 1.54) is 11.8 Å². The van der Waals surface area contributed by atoms with Crippen LogP contribution < -0.4 is 15.0 Å². The molecule has 1 fully saturated rings. The fraction of sp³-hybridized carbons (Fsp3) is 0.348. The SMILES string of the molecule is CCOc1ccc(-c2nnc(SCC(=O)Nc3cccc(Cl)c3N3CCN(C)CC3)o2)cc1. The maximum absolute atomic E-state index is 12.7. The molecule has 2 aromatic carbocycles. The summed E-state index contributed by atoms with van der Waals surface area (Å²) < 4.78 is 11.2. The van der Waals surface area contributed by atoms with Crippen molar-refractivity contribution in [3.8, 4) is 17.2 Å². The van der Waals surface area contributed by atoms with E-state index < -0.39 is 0 Å². The van der Waals surface area contributed by atoms with E-state index in [4.69, 9.17) is 20.8 Å². The Balaban J connectivity index is 1.36. The number of benzene rings is 2. The van der Waals surface area contributed by atoms with Gasteiger partial charge in [0.15, 0.2) is 0 Å². The topological polar surface area (TPSA) is 83.7 Å². The molecule has 8 nitrogen and oxygen atoms in total. The Hall–Kier alpha value is -2.75. The van der Waals surface area contributed by atoms with Gasteiger partial charge >= 0.3 is 0 Å². The van der Waals surface area contributed by atoms with Crippen molar-refractivity contribution >= 4 is 40.6 Å². The van der Waals surface area contributed by atoms with Crippen LogP contribution in [0.1, 0.15) is 6.92 Å². The number of halogens is 1. The van der Waals surface area contributed by atoms with Crippen molar-refractivity contribution in [2.75, 3.05) is 55.8 Å². The van der Waals surface area contributed by atoms with Crippen LogP contribution in [0.5, 0.6) is 5.75 Å². The predicted octanol–water partition coefficient (Wildman–Crippen LogP) is 4.27. The quantitative estimate of drug-likeness (QED) is 0.471. The molecule has 0 saturated carbocycles. The normalized spacial score (nSPS) is 14.3. The van der Waals surface area contributed by atoms with Crippen LogP contribution in [0.15, 0.2) is 52.1 Å². The molecular weight excluding hydrogens is 462 g/mol. The standard InChI is InChI=1S/C23H26ClN5O3S/c1-3-31-17-9-7-16(8-10-17)22-26-27-23(32-22)33-15-20(30)25-19-6-4-5-18(24)21(19)29-13-11-28(2)12-14-29/h4-10H,3,11-15H2,1-2H3,(H,25,30). The monoisotopic (exact) mass is 487 g/mol. The van der Waals surface area contributed by atoms with Crippen molar-refractivity contribution in [2.24, 2.45) is 0 Å². The molecule has 3 aromatic rings. The van der Waals surface area contributed by atoms with Crippen molar-refractivity contribution in [2.45, 2.75) is 12.1 Å². The summed E-state index contributed by atoms with van der Waals surface area (Å²) in [5.74, 6) is 1.15. The lowest BCUT2D eigenvalue weighted by Crippen LogP contribution is -2.44. The van der Waals surface area contributed by atoms with E-state index in [1.807, 2.05) is 49.4 Å². The summed E-state index contributed by atoms with van der Waals surface area (Å²) in [6.07, 6.45) is 0. The number of piperazine rings is 1. The van der Waals surface area contributed by atoms with Gasteiger partial charge in [-0.15, -0.1) is 10.2 Å². The molecule has 0 unspecified atom stereocenters. The lowest BCUT2D eigenvalue weighted by molar-refractivity contribution is -0.113. The van der Waals surface area contributed by atoms with Gasteiger partial charge in [0.05, 0.1) is 28.8 Å². The van der Waals surface area contributed by atoms with Crippen molar-refractivity contribution < 1.29 is 13.9 Å². The number of rotatable bonds is 8. The molecule has 0 spiro atoms. The molecule has 1 aliphatic rings. The molecule has 2 heterocycles. The van der Waals surface area contributed by atoms with E-state index in [2.05, 4.69) is 32.4 Å². The number of ether oxygens (including phenoxy) is 1. The molecule has 0 aliphatic carbocycles. The molecular formula is C23H26ClN5O3S. The third-order valence-electron chi connectivity index (χ3n) is 5.23. The smallest absolute Gasteiger partial charge is 0.277 e. The Morgan fingerprint density at radius 1 is 1.15 bits per heavy atom. The molecule has 174 valence electrons. The van der Waals surface area contributed by atoms with Crippen molar-refractivity contribution in [1.29, 1.82) is 0 Å². The Bertz CT molecular complexity index is 1080. The van der Waals surface area contributed by atoms with Crippen molar-refractivity contribution in [3.63, 3.8) is 0 Å². The summed E-state index contributed by atoms with van der Waals surface area (Å²) in [4.78, 5) is 17.1. The molecule has 0 radical (unpaired) electrons. The number of thioether (sulfide) groups is 1. The number of anilines is 2. The van der Waals surface area contributed by atoms with Crippen LogP contribution in [0, 0.1) is 0 Å². The number of carbonyl (C=O) groups excluding carboxylic acids is 1. The van der Waals surface area contributed by atoms with E-state index in [0.29, 0.717) is 28.4 Å². The third-order valence-corrected chi connectivity index (χ3v) is 6.35. The molecule has 33 heavy (non-hydrogen) atoms. The highest BCUT2D eigenvalue weighted by Crippen LogP contribution is 2.35. The minimum atomic E-state index is -0.168. The first-order valence-corrected chi connectivity index (χ1v) is 12.1. The number of carbonyl (C=O) groups is 1. The first kappa shape index (κ1) is 23.4. The Labute approximate surface area is 202 Å². The van der Waals surface area contributed by atoms with Gasteiger partial charge in [0.25, 0.3) is 5.22 Å². The van der Waals surface area contributed by atoms with Crippen molar-refractivity contribution in [3.05, 3.63) is 47.5 Å². The zero-order valence-corrected chi connectivity index (χ0v) is 20.2. The van der Waals surface area contributed by atoms with Gasteiger partial charge in [0.2, 0.25) is 11.8 Å². The van der Waals surface area contributed by atoms with Gasteiger partial charge in [0, 0.05) is 31.7 Å². The van der Waals surface area contributed by atoms with Crippen LogP contribution >= 0.6 is 23.4 Å². The second-order valence-electron chi connectivity index (χ2n) is 7.59. The second kappa shape index (κ2) is 10.9. The number of para-hydroxylation sites is 1.